The van der Waals surface area contributed by atoms with Crippen LogP contribution in [0.1, 0.15) is 49.4 Å². The number of carbonyl (C=O) groups excluding carboxylic acids is 1. The molecule has 2 rings (SSSR count). The van der Waals surface area contributed by atoms with Gasteiger partial charge in [0, 0.05) is 18.2 Å². The molecule has 1 saturated heterocycles. The zero-order chi connectivity index (χ0) is 14.2. The number of nitrogens with zero attached hydrogens (tertiary/aromatic N) is 1. The summed E-state index contributed by atoms with van der Waals surface area (Å²) in [4.78, 5) is 14.7. The van der Waals surface area contributed by atoms with Crippen molar-refractivity contribution in [1.29, 1.82) is 0 Å². The third-order valence-electron chi connectivity index (χ3n) is 4.02. The zero-order valence-electron chi connectivity index (χ0n) is 12.5. The number of amides is 1. The van der Waals surface area contributed by atoms with E-state index < -0.39 is 0 Å². The van der Waals surface area contributed by atoms with E-state index in [9.17, 15) is 4.79 Å². The Bertz CT molecular complexity index is 405. The second kappa shape index (κ2) is 8.05. The van der Waals surface area contributed by atoms with E-state index in [1.54, 1.807) is 0 Å². The molecule has 0 spiro atoms. The molecule has 1 atom stereocenters. The lowest BCUT2D eigenvalue weighted by atomic mass is 10.1. The van der Waals surface area contributed by atoms with Crippen LogP contribution in [0.15, 0.2) is 30.3 Å². The molecule has 0 aliphatic carbocycles. The van der Waals surface area contributed by atoms with Gasteiger partial charge < -0.3 is 10.2 Å². The van der Waals surface area contributed by atoms with E-state index in [0.717, 1.165) is 24.9 Å². The summed E-state index contributed by atoms with van der Waals surface area (Å²) in [6.07, 6.45) is 5.89. The minimum Gasteiger partial charge on any atom is -0.349 e. The van der Waals surface area contributed by atoms with Gasteiger partial charge in [0.1, 0.15) is 0 Å². The highest BCUT2D eigenvalue weighted by Gasteiger charge is 2.18. The van der Waals surface area contributed by atoms with Gasteiger partial charge in [-0.2, -0.15) is 0 Å². The van der Waals surface area contributed by atoms with E-state index in [2.05, 4.69) is 17.1 Å². The van der Waals surface area contributed by atoms with Crippen LogP contribution in [0.5, 0.6) is 0 Å². The molecule has 3 nitrogen and oxygen atoms in total. The monoisotopic (exact) mass is 274 g/mol. The van der Waals surface area contributed by atoms with Crippen LogP contribution in [0.4, 0.5) is 0 Å². The first-order valence-corrected chi connectivity index (χ1v) is 7.88. The maximum atomic E-state index is 12.2. The van der Waals surface area contributed by atoms with Gasteiger partial charge in [-0.25, -0.2) is 0 Å². The van der Waals surface area contributed by atoms with E-state index in [1.165, 1.54) is 32.4 Å². The van der Waals surface area contributed by atoms with Crippen LogP contribution in [-0.2, 0) is 0 Å². The van der Waals surface area contributed by atoms with E-state index in [1.807, 2.05) is 30.3 Å². The van der Waals surface area contributed by atoms with Crippen molar-refractivity contribution in [2.24, 2.45) is 0 Å². The Hall–Kier alpha value is -1.35. The molecule has 20 heavy (non-hydrogen) atoms. The van der Waals surface area contributed by atoms with Crippen molar-refractivity contribution < 1.29 is 4.79 Å². The number of hydrogen-bond donors (Lipinski definition) is 1. The first kappa shape index (κ1) is 15.0. The van der Waals surface area contributed by atoms with Crippen molar-refractivity contribution in [3.63, 3.8) is 0 Å². The van der Waals surface area contributed by atoms with Gasteiger partial charge in [0.25, 0.3) is 5.91 Å². The normalized spacial score (nSPS) is 20.4. The number of benzene rings is 1. The average molecular weight is 274 g/mol. The molecule has 110 valence electrons. The topological polar surface area (TPSA) is 32.3 Å². The van der Waals surface area contributed by atoms with Crippen molar-refractivity contribution in [2.75, 3.05) is 19.6 Å². The van der Waals surface area contributed by atoms with Crippen LogP contribution in [0.25, 0.3) is 0 Å². The fourth-order valence-electron chi connectivity index (χ4n) is 2.76. The maximum absolute atomic E-state index is 12.2. The third kappa shape index (κ3) is 4.64. The fraction of sp³-hybridized carbons (Fsp3) is 0.588. The summed E-state index contributed by atoms with van der Waals surface area (Å²) in [5, 5.41) is 3.19. The summed E-state index contributed by atoms with van der Waals surface area (Å²) in [5.74, 6) is 0.0672. The van der Waals surface area contributed by atoms with E-state index in [0.29, 0.717) is 6.04 Å². The Morgan fingerprint density at radius 3 is 2.80 bits per heavy atom. The van der Waals surface area contributed by atoms with Gasteiger partial charge in [-0.1, -0.05) is 31.5 Å². The maximum Gasteiger partial charge on any atom is 0.251 e. The lowest BCUT2D eigenvalue weighted by Gasteiger charge is -2.20. The SMILES string of the molecule is CCCCN1CCCC(NC(=O)c2ccccc2)CC1. The second-order valence-corrected chi connectivity index (χ2v) is 5.66. The Morgan fingerprint density at radius 2 is 2.05 bits per heavy atom. The minimum atomic E-state index is 0.0672. The molecule has 1 unspecified atom stereocenters. The predicted molar refractivity (Wildman–Crippen MR) is 82.9 cm³/mol. The smallest absolute Gasteiger partial charge is 0.251 e. The van der Waals surface area contributed by atoms with Gasteiger partial charge in [0.05, 0.1) is 0 Å². The van der Waals surface area contributed by atoms with Crippen LogP contribution in [0.2, 0.25) is 0 Å². The molecule has 0 bridgehead atoms. The van der Waals surface area contributed by atoms with Crippen molar-refractivity contribution in [3.05, 3.63) is 35.9 Å². The average Bonchev–Trinajstić information content (AvgIpc) is 2.71. The summed E-state index contributed by atoms with van der Waals surface area (Å²) in [7, 11) is 0. The highest BCUT2D eigenvalue weighted by molar-refractivity contribution is 5.94. The molecule has 0 aromatic heterocycles. The molecule has 0 radical (unpaired) electrons. The fourth-order valence-corrected chi connectivity index (χ4v) is 2.76. The van der Waals surface area contributed by atoms with Gasteiger partial charge in [0.2, 0.25) is 0 Å². The molecule has 1 heterocycles. The van der Waals surface area contributed by atoms with E-state index in [4.69, 9.17) is 0 Å². The van der Waals surface area contributed by atoms with Gasteiger partial charge in [0.15, 0.2) is 0 Å². The standard InChI is InChI=1S/C17H26N2O/c1-2-3-12-19-13-7-10-16(11-14-19)18-17(20)15-8-5-4-6-9-15/h4-6,8-9,16H,2-3,7,10-14H2,1H3,(H,18,20). The molecule has 1 aromatic carbocycles. The Labute approximate surface area is 122 Å². The predicted octanol–water partition coefficient (Wildman–Crippen LogP) is 3.07. The Kier molecular flexibility index (Phi) is 6.06. The van der Waals surface area contributed by atoms with Crippen molar-refractivity contribution >= 4 is 5.91 Å². The Morgan fingerprint density at radius 1 is 1.25 bits per heavy atom. The summed E-state index contributed by atoms with van der Waals surface area (Å²) >= 11 is 0. The molecule has 1 amide bonds. The summed E-state index contributed by atoms with van der Waals surface area (Å²) < 4.78 is 0. The zero-order valence-corrected chi connectivity index (χ0v) is 12.5. The van der Waals surface area contributed by atoms with Crippen molar-refractivity contribution in [1.82, 2.24) is 10.2 Å². The minimum absolute atomic E-state index is 0.0672. The summed E-state index contributed by atoms with van der Waals surface area (Å²) in [5.41, 5.74) is 0.764. The molecule has 1 fully saturated rings. The Balaban J connectivity index is 1.80. The lowest BCUT2D eigenvalue weighted by molar-refractivity contribution is 0.0933. The van der Waals surface area contributed by atoms with Crippen LogP contribution >= 0.6 is 0 Å². The van der Waals surface area contributed by atoms with Crippen molar-refractivity contribution in [3.8, 4) is 0 Å². The molecule has 3 heteroatoms. The van der Waals surface area contributed by atoms with Gasteiger partial charge in [-0.15, -0.1) is 0 Å². The number of carbonyl (C=O) groups is 1. The van der Waals surface area contributed by atoms with Gasteiger partial charge in [-0.05, 0) is 50.9 Å². The number of likely N-dealkylation sites (tertiary alicyclic amines) is 1. The first-order chi connectivity index (χ1) is 9.79. The third-order valence-corrected chi connectivity index (χ3v) is 4.02. The molecular formula is C17H26N2O. The molecule has 1 N–H and O–H groups in total. The number of unbranched alkanes of at least 4 members (excludes halogenated alkanes) is 1. The molecule has 1 aromatic rings. The molecule has 1 aliphatic rings. The van der Waals surface area contributed by atoms with Crippen LogP contribution in [-0.4, -0.2) is 36.5 Å². The largest absolute Gasteiger partial charge is 0.349 e. The van der Waals surface area contributed by atoms with Crippen LogP contribution in [0.3, 0.4) is 0 Å². The van der Waals surface area contributed by atoms with Gasteiger partial charge >= 0.3 is 0 Å². The first-order valence-electron chi connectivity index (χ1n) is 7.88. The van der Waals surface area contributed by atoms with E-state index >= 15 is 0 Å². The number of rotatable bonds is 5. The molecule has 0 saturated carbocycles. The lowest BCUT2D eigenvalue weighted by Crippen LogP contribution is -2.35. The van der Waals surface area contributed by atoms with E-state index in [-0.39, 0.29) is 5.91 Å². The van der Waals surface area contributed by atoms with Crippen molar-refractivity contribution in [2.45, 2.75) is 45.1 Å². The summed E-state index contributed by atoms with van der Waals surface area (Å²) in [6.45, 7) is 5.73. The number of nitrogens with one attached hydrogen (secondary N) is 1. The highest BCUT2D eigenvalue weighted by atomic mass is 16.1. The number of hydrogen-bond acceptors (Lipinski definition) is 2. The van der Waals surface area contributed by atoms with Gasteiger partial charge in [-0.3, -0.25) is 4.79 Å². The summed E-state index contributed by atoms with van der Waals surface area (Å²) in [6, 6.07) is 9.84. The highest BCUT2D eigenvalue weighted by Crippen LogP contribution is 2.12. The second-order valence-electron chi connectivity index (χ2n) is 5.66. The van der Waals surface area contributed by atoms with Crippen LogP contribution < -0.4 is 5.32 Å². The molecule has 1 aliphatic heterocycles. The quantitative estimate of drug-likeness (QED) is 0.895. The molecular weight excluding hydrogens is 248 g/mol. The van der Waals surface area contributed by atoms with Crippen LogP contribution in [0, 0.1) is 0 Å².